The highest BCUT2D eigenvalue weighted by Crippen LogP contribution is 2.26. The van der Waals surface area contributed by atoms with Crippen LogP contribution in [0.1, 0.15) is 40.1 Å². The van der Waals surface area contributed by atoms with Crippen LogP contribution in [0.4, 0.5) is 0 Å². The Hall–Kier alpha value is -1.68. The zero-order valence-corrected chi connectivity index (χ0v) is 13.1. The maximum Gasteiger partial charge on any atom is 0.264 e. The molecule has 3 rings (SSSR count). The average molecular weight is 300 g/mol. The van der Waals surface area contributed by atoms with Crippen molar-refractivity contribution in [3.63, 3.8) is 0 Å². The van der Waals surface area contributed by atoms with Crippen LogP contribution < -0.4 is 0 Å². The maximum atomic E-state index is 12.7. The molecule has 1 saturated heterocycles. The van der Waals surface area contributed by atoms with E-state index in [2.05, 4.69) is 22.0 Å². The number of likely N-dealkylation sites (tertiary alicyclic amines) is 1. The molecule has 0 aromatic carbocycles. The van der Waals surface area contributed by atoms with Crippen molar-refractivity contribution < 1.29 is 4.79 Å². The van der Waals surface area contributed by atoms with Gasteiger partial charge in [0.1, 0.15) is 0 Å². The molecular formula is C17H20N2OS. The van der Waals surface area contributed by atoms with E-state index in [9.17, 15) is 4.79 Å². The van der Waals surface area contributed by atoms with Crippen LogP contribution in [0.3, 0.4) is 0 Å². The summed E-state index contributed by atoms with van der Waals surface area (Å²) in [5.41, 5.74) is 2.40. The van der Waals surface area contributed by atoms with E-state index in [1.54, 1.807) is 11.3 Å². The fourth-order valence-electron chi connectivity index (χ4n) is 3.01. The molecule has 1 aliphatic heterocycles. The number of aryl methyl sites for hydroxylation is 2. The number of thiophene rings is 1. The molecule has 0 unspecified atom stereocenters. The third-order valence-electron chi connectivity index (χ3n) is 4.21. The van der Waals surface area contributed by atoms with Crippen LogP contribution in [0, 0.1) is 6.92 Å². The van der Waals surface area contributed by atoms with Crippen LogP contribution in [0.5, 0.6) is 0 Å². The maximum absolute atomic E-state index is 12.7. The minimum absolute atomic E-state index is 0.222. The van der Waals surface area contributed by atoms with Crippen LogP contribution >= 0.6 is 11.3 Å². The lowest BCUT2D eigenvalue weighted by Gasteiger charge is -2.24. The monoisotopic (exact) mass is 300 g/mol. The van der Waals surface area contributed by atoms with E-state index >= 15 is 0 Å². The van der Waals surface area contributed by atoms with Crippen molar-refractivity contribution in [2.75, 3.05) is 6.54 Å². The first kappa shape index (κ1) is 14.3. The minimum atomic E-state index is 0.222. The number of rotatable bonds is 4. The molecule has 0 N–H and O–H groups in total. The van der Waals surface area contributed by atoms with Crippen LogP contribution in [0.15, 0.2) is 36.0 Å². The second-order valence-electron chi connectivity index (χ2n) is 5.62. The second kappa shape index (κ2) is 6.39. The molecule has 21 heavy (non-hydrogen) atoms. The number of hydrogen-bond donors (Lipinski definition) is 0. The van der Waals surface area contributed by atoms with Gasteiger partial charge in [0.25, 0.3) is 5.91 Å². The molecule has 1 aliphatic rings. The molecule has 0 saturated carbocycles. The second-order valence-corrected chi connectivity index (χ2v) is 6.54. The topological polar surface area (TPSA) is 33.2 Å². The summed E-state index contributed by atoms with van der Waals surface area (Å²) in [6.07, 6.45) is 7.98. The average Bonchev–Trinajstić information content (AvgIpc) is 3.14. The number of aromatic nitrogens is 1. The Morgan fingerprint density at radius 3 is 2.90 bits per heavy atom. The molecule has 3 nitrogen and oxygen atoms in total. The van der Waals surface area contributed by atoms with Gasteiger partial charge in [-0.15, -0.1) is 11.3 Å². The lowest BCUT2D eigenvalue weighted by Crippen LogP contribution is -2.35. The molecule has 1 atom stereocenters. The number of carbonyl (C=O) groups is 1. The first-order chi connectivity index (χ1) is 10.3. The lowest BCUT2D eigenvalue weighted by atomic mass is 10.0. The summed E-state index contributed by atoms with van der Waals surface area (Å²) in [6.45, 7) is 2.92. The van der Waals surface area contributed by atoms with Crippen LogP contribution in [0.25, 0.3) is 0 Å². The number of nitrogens with zero attached hydrogens (tertiary/aromatic N) is 2. The molecule has 2 aromatic heterocycles. The first-order valence-corrected chi connectivity index (χ1v) is 8.37. The van der Waals surface area contributed by atoms with Crippen molar-refractivity contribution in [3.8, 4) is 0 Å². The Bertz CT molecular complexity index is 608. The van der Waals surface area contributed by atoms with Gasteiger partial charge in [0.05, 0.1) is 4.88 Å². The van der Waals surface area contributed by atoms with Crippen molar-refractivity contribution in [3.05, 3.63) is 52.0 Å². The van der Waals surface area contributed by atoms with Gasteiger partial charge in [-0.2, -0.15) is 0 Å². The van der Waals surface area contributed by atoms with Crippen molar-refractivity contribution >= 4 is 17.2 Å². The standard InChI is InChI=1S/C17H20N2OS/c1-13-8-12-21-16(13)17(20)19-11-2-3-15(19)5-4-14-6-9-18-10-7-14/h6-10,12,15H,2-5,11H2,1H3/t15-/m1/s1. The number of amides is 1. The van der Waals surface area contributed by atoms with Crippen molar-refractivity contribution in [1.82, 2.24) is 9.88 Å². The summed E-state index contributed by atoms with van der Waals surface area (Å²) in [5.74, 6) is 0.222. The molecule has 0 aliphatic carbocycles. The van der Waals surface area contributed by atoms with Crippen molar-refractivity contribution in [1.29, 1.82) is 0 Å². The summed E-state index contributed by atoms with van der Waals surface area (Å²) in [4.78, 5) is 19.7. The quantitative estimate of drug-likeness (QED) is 0.863. The van der Waals surface area contributed by atoms with Gasteiger partial charge in [0.2, 0.25) is 0 Å². The molecule has 3 heterocycles. The Kier molecular flexibility index (Phi) is 4.34. The van der Waals surface area contributed by atoms with Crippen LogP contribution in [0.2, 0.25) is 0 Å². The smallest absolute Gasteiger partial charge is 0.264 e. The zero-order chi connectivity index (χ0) is 14.7. The Morgan fingerprint density at radius 1 is 1.38 bits per heavy atom. The van der Waals surface area contributed by atoms with E-state index in [1.807, 2.05) is 30.8 Å². The van der Waals surface area contributed by atoms with Crippen LogP contribution in [-0.2, 0) is 6.42 Å². The van der Waals surface area contributed by atoms with E-state index in [0.29, 0.717) is 6.04 Å². The highest BCUT2D eigenvalue weighted by atomic mass is 32.1. The SMILES string of the molecule is Cc1ccsc1C(=O)N1CCC[C@@H]1CCc1ccncc1. The largest absolute Gasteiger partial charge is 0.335 e. The summed E-state index contributed by atoms with van der Waals surface area (Å²) < 4.78 is 0. The van der Waals surface area contributed by atoms with Gasteiger partial charge >= 0.3 is 0 Å². The molecule has 1 amide bonds. The zero-order valence-electron chi connectivity index (χ0n) is 12.3. The van der Waals surface area contributed by atoms with Gasteiger partial charge in [-0.05, 0) is 67.3 Å². The summed E-state index contributed by atoms with van der Waals surface area (Å²) >= 11 is 1.56. The van der Waals surface area contributed by atoms with Crippen molar-refractivity contribution in [2.45, 2.75) is 38.6 Å². The minimum Gasteiger partial charge on any atom is -0.335 e. The third-order valence-corrected chi connectivity index (χ3v) is 5.21. The Morgan fingerprint density at radius 2 is 2.19 bits per heavy atom. The molecule has 110 valence electrons. The van der Waals surface area contributed by atoms with E-state index in [1.165, 1.54) is 5.56 Å². The van der Waals surface area contributed by atoms with E-state index in [4.69, 9.17) is 0 Å². The highest BCUT2D eigenvalue weighted by Gasteiger charge is 2.30. The number of carbonyl (C=O) groups excluding carboxylic acids is 1. The van der Waals surface area contributed by atoms with E-state index in [-0.39, 0.29) is 5.91 Å². The van der Waals surface area contributed by atoms with Crippen molar-refractivity contribution in [2.24, 2.45) is 0 Å². The summed E-state index contributed by atoms with van der Waals surface area (Å²) in [6, 6.07) is 6.53. The molecule has 0 radical (unpaired) electrons. The normalized spacial score (nSPS) is 18.1. The number of hydrogen-bond acceptors (Lipinski definition) is 3. The molecule has 1 fully saturated rings. The summed E-state index contributed by atoms with van der Waals surface area (Å²) in [5, 5.41) is 2.00. The molecular weight excluding hydrogens is 280 g/mol. The molecule has 4 heteroatoms. The van der Waals surface area contributed by atoms with Gasteiger partial charge in [-0.1, -0.05) is 0 Å². The lowest BCUT2D eigenvalue weighted by molar-refractivity contribution is 0.0735. The molecule has 0 spiro atoms. The van der Waals surface area contributed by atoms with Gasteiger partial charge < -0.3 is 4.90 Å². The predicted octanol–water partition coefficient (Wildman–Crippen LogP) is 3.69. The van der Waals surface area contributed by atoms with Gasteiger partial charge in [0, 0.05) is 25.0 Å². The molecule has 2 aromatic rings. The fraction of sp³-hybridized carbons (Fsp3) is 0.412. The van der Waals surface area contributed by atoms with Gasteiger partial charge in [0.15, 0.2) is 0 Å². The van der Waals surface area contributed by atoms with Gasteiger partial charge in [-0.25, -0.2) is 0 Å². The van der Waals surface area contributed by atoms with E-state index in [0.717, 1.165) is 42.7 Å². The fourth-order valence-corrected chi connectivity index (χ4v) is 3.89. The first-order valence-electron chi connectivity index (χ1n) is 7.49. The predicted molar refractivity (Wildman–Crippen MR) is 85.7 cm³/mol. The third kappa shape index (κ3) is 3.16. The van der Waals surface area contributed by atoms with Crippen LogP contribution in [-0.4, -0.2) is 28.4 Å². The molecule has 0 bridgehead atoms. The van der Waals surface area contributed by atoms with Gasteiger partial charge in [-0.3, -0.25) is 9.78 Å². The highest BCUT2D eigenvalue weighted by molar-refractivity contribution is 7.12. The Labute approximate surface area is 129 Å². The number of pyridine rings is 1. The Balaban J connectivity index is 1.65. The summed E-state index contributed by atoms with van der Waals surface area (Å²) in [7, 11) is 0. The van der Waals surface area contributed by atoms with E-state index < -0.39 is 0 Å².